The summed E-state index contributed by atoms with van der Waals surface area (Å²) in [5, 5.41) is 0. The number of carbonyl (C=O) groups is 1. The van der Waals surface area contributed by atoms with Gasteiger partial charge in [-0.2, -0.15) is 0 Å². The maximum atomic E-state index is 11.9. The van der Waals surface area contributed by atoms with Crippen LogP contribution < -0.4 is 0 Å². The summed E-state index contributed by atoms with van der Waals surface area (Å²) in [5.74, 6) is 2.14. The maximum absolute atomic E-state index is 11.9. The van der Waals surface area contributed by atoms with Crippen molar-refractivity contribution in [2.75, 3.05) is 19.0 Å². The van der Waals surface area contributed by atoms with Crippen LogP contribution in [0.5, 0.6) is 0 Å². The Morgan fingerprint density at radius 1 is 1.53 bits per heavy atom. The number of amides is 1. The minimum atomic E-state index is 0.323. The molecule has 0 aliphatic carbocycles. The fraction of sp³-hybridized carbons (Fsp3) is 0.917. The Hall–Kier alpha value is -0.240. The Bertz CT molecular complexity index is 204. The molecular formula is C12H22ClNO. The lowest BCUT2D eigenvalue weighted by Gasteiger charge is -2.33. The van der Waals surface area contributed by atoms with Gasteiger partial charge in [-0.25, -0.2) is 0 Å². The summed E-state index contributed by atoms with van der Waals surface area (Å²) in [6.45, 7) is 6.07. The second-order valence-corrected chi connectivity index (χ2v) is 5.30. The van der Waals surface area contributed by atoms with Crippen LogP contribution in [-0.2, 0) is 4.79 Å². The monoisotopic (exact) mass is 231 g/mol. The molecule has 0 aromatic carbocycles. The van der Waals surface area contributed by atoms with Crippen molar-refractivity contribution < 1.29 is 4.79 Å². The molecule has 2 nitrogen and oxygen atoms in total. The Balaban J connectivity index is 2.38. The van der Waals surface area contributed by atoms with Gasteiger partial charge in [0, 0.05) is 25.4 Å². The molecule has 0 bridgehead atoms. The van der Waals surface area contributed by atoms with E-state index in [-0.39, 0.29) is 0 Å². The molecule has 0 aromatic rings. The minimum absolute atomic E-state index is 0.323. The van der Waals surface area contributed by atoms with Gasteiger partial charge in [0.25, 0.3) is 0 Å². The maximum Gasteiger partial charge on any atom is 0.222 e. The van der Waals surface area contributed by atoms with Crippen LogP contribution in [0.4, 0.5) is 0 Å². The van der Waals surface area contributed by atoms with E-state index in [0.717, 1.165) is 31.8 Å². The zero-order chi connectivity index (χ0) is 11.3. The Morgan fingerprint density at radius 2 is 2.27 bits per heavy atom. The molecule has 1 heterocycles. The number of likely N-dealkylation sites (tertiary alicyclic amines) is 1. The predicted molar refractivity (Wildman–Crippen MR) is 64.1 cm³/mol. The molecule has 1 unspecified atom stereocenters. The lowest BCUT2D eigenvalue weighted by Crippen LogP contribution is -2.40. The molecule has 0 N–H and O–H groups in total. The third-order valence-electron chi connectivity index (χ3n) is 2.97. The molecule has 1 rings (SSSR count). The van der Waals surface area contributed by atoms with Crippen LogP contribution in [0.25, 0.3) is 0 Å². The minimum Gasteiger partial charge on any atom is -0.342 e. The first-order valence-corrected chi connectivity index (χ1v) is 6.50. The van der Waals surface area contributed by atoms with Crippen molar-refractivity contribution in [3.05, 3.63) is 0 Å². The third-order valence-corrected chi connectivity index (χ3v) is 3.19. The zero-order valence-electron chi connectivity index (χ0n) is 9.84. The highest BCUT2D eigenvalue weighted by molar-refractivity contribution is 6.17. The standard InChI is InChI=1S/C12H22ClNO/c1-10(2)8-12(15)14-7-3-4-11(9-14)5-6-13/h10-11H,3-9H2,1-2H3. The molecule has 1 amide bonds. The highest BCUT2D eigenvalue weighted by atomic mass is 35.5. The second-order valence-electron chi connectivity index (χ2n) is 4.92. The molecule has 15 heavy (non-hydrogen) atoms. The quantitative estimate of drug-likeness (QED) is 0.682. The predicted octanol–water partition coefficient (Wildman–Crippen LogP) is 2.90. The average molecular weight is 232 g/mol. The fourth-order valence-electron chi connectivity index (χ4n) is 2.16. The number of piperidine rings is 1. The van der Waals surface area contributed by atoms with Gasteiger partial charge in [0.15, 0.2) is 0 Å². The van der Waals surface area contributed by atoms with Gasteiger partial charge in [-0.05, 0) is 31.1 Å². The number of hydrogen-bond acceptors (Lipinski definition) is 1. The summed E-state index contributed by atoms with van der Waals surface area (Å²) in [7, 11) is 0. The van der Waals surface area contributed by atoms with Crippen molar-refractivity contribution in [2.45, 2.75) is 39.5 Å². The van der Waals surface area contributed by atoms with Crippen molar-refractivity contribution in [1.29, 1.82) is 0 Å². The number of rotatable bonds is 4. The summed E-state index contributed by atoms with van der Waals surface area (Å²) >= 11 is 5.74. The van der Waals surface area contributed by atoms with Gasteiger partial charge in [0.2, 0.25) is 5.91 Å². The Labute approximate surface area is 98.0 Å². The van der Waals surface area contributed by atoms with Crippen LogP contribution in [0.3, 0.4) is 0 Å². The summed E-state index contributed by atoms with van der Waals surface area (Å²) in [5.41, 5.74) is 0. The van der Waals surface area contributed by atoms with E-state index in [0.29, 0.717) is 24.2 Å². The van der Waals surface area contributed by atoms with Crippen LogP contribution in [0, 0.1) is 11.8 Å². The van der Waals surface area contributed by atoms with Crippen molar-refractivity contribution in [2.24, 2.45) is 11.8 Å². The molecule has 88 valence electrons. The van der Waals surface area contributed by atoms with Gasteiger partial charge in [-0.3, -0.25) is 4.79 Å². The summed E-state index contributed by atoms with van der Waals surface area (Å²) < 4.78 is 0. The van der Waals surface area contributed by atoms with Crippen molar-refractivity contribution >= 4 is 17.5 Å². The smallest absolute Gasteiger partial charge is 0.222 e. The Kier molecular flexibility index (Phi) is 5.44. The van der Waals surface area contributed by atoms with E-state index in [1.54, 1.807) is 0 Å². The first-order valence-electron chi connectivity index (χ1n) is 5.97. The van der Waals surface area contributed by atoms with Crippen LogP contribution in [-0.4, -0.2) is 29.8 Å². The molecule has 1 aliphatic heterocycles. The Morgan fingerprint density at radius 3 is 2.87 bits per heavy atom. The lowest BCUT2D eigenvalue weighted by atomic mass is 9.95. The van der Waals surface area contributed by atoms with E-state index in [1.165, 1.54) is 6.42 Å². The van der Waals surface area contributed by atoms with E-state index >= 15 is 0 Å². The largest absolute Gasteiger partial charge is 0.342 e. The topological polar surface area (TPSA) is 20.3 Å². The molecule has 0 saturated carbocycles. The molecule has 1 aliphatic rings. The van der Waals surface area contributed by atoms with E-state index in [9.17, 15) is 4.79 Å². The van der Waals surface area contributed by atoms with Crippen molar-refractivity contribution in [3.8, 4) is 0 Å². The number of carbonyl (C=O) groups excluding carboxylic acids is 1. The van der Waals surface area contributed by atoms with Crippen LogP contribution >= 0.6 is 11.6 Å². The molecule has 1 fully saturated rings. The van der Waals surface area contributed by atoms with E-state index in [4.69, 9.17) is 11.6 Å². The number of hydrogen-bond donors (Lipinski definition) is 0. The second kappa shape index (κ2) is 6.37. The third kappa shape index (κ3) is 4.42. The van der Waals surface area contributed by atoms with E-state index in [1.807, 2.05) is 4.90 Å². The number of nitrogens with zero attached hydrogens (tertiary/aromatic N) is 1. The zero-order valence-corrected chi connectivity index (χ0v) is 10.6. The SMILES string of the molecule is CC(C)CC(=O)N1CCCC(CCCl)C1. The van der Waals surface area contributed by atoms with Gasteiger partial charge in [0.05, 0.1) is 0 Å². The summed E-state index contributed by atoms with van der Waals surface area (Å²) in [6, 6.07) is 0. The summed E-state index contributed by atoms with van der Waals surface area (Å²) in [6.07, 6.45) is 4.12. The molecule has 0 aromatic heterocycles. The molecule has 1 atom stereocenters. The van der Waals surface area contributed by atoms with Gasteiger partial charge in [0.1, 0.15) is 0 Å². The van der Waals surface area contributed by atoms with Gasteiger partial charge < -0.3 is 4.90 Å². The molecular weight excluding hydrogens is 210 g/mol. The van der Waals surface area contributed by atoms with Gasteiger partial charge >= 0.3 is 0 Å². The molecule has 0 spiro atoms. The highest BCUT2D eigenvalue weighted by Gasteiger charge is 2.23. The number of halogens is 1. The van der Waals surface area contributed by atoms with Gasteiger partial charge in [-0.1, -0.05) is 13.8 Å². The highest BCUT2D eigenvalue weighted by Crippen LogP contribution is 2.21. The summed E-state index contributed by atoms with van der Waals surface area (Å²) in [4.78, 5) is 13.9. The lowest BCUT2D eigenvalue weighted by molar-refractivity contribution is -0.133. The first kappa shape index (κ1) is 12.8. The fourth-order valence-corrected chi connectivity index (χ4v) is 2.47. The van der Waals surface area contributed by atoms with Crippen molar-refractivity contribution in [1.82, 2.24) is 4.90 Å². The van der Waals surface area contributed by atoms with Gasteiger partial charge in [-0.15, -0.1) is 11.6 Å². The first-order chi connectivity index (χ1) is 7.13. The van der Waals surface area contributed by atoms with Crippen LogP contribution in [0.15, 0.2) is 0 Å². The van der Waals surface area contributed by atoms with E-state index < -0.39 is 0 Å². The van der Waals surface area contributed by atoms with E-state index in [2.05, 4.69) is 13.8 Å². The molecule has 3 heteroatoms. The van der Waals surface area contributed by atoms with Crippen molar-refractivity contribution in [3.63, 3.8) is 0 Å². The van der Waals surface area contributed by atoms with Crippen LogP contribution in [0.1, 0.15) is 39.5 Å². The number of alkyl halides is 1. The molecule has 1 saturated heterocycles. The average Bonchev–Trinajstić information content (AvgIpc) is 2.17. The molecule has 0 radical (unpaired) electrons. The normalized spacial score (nSPS) is 22.1. The van der Waals surface area contributed by atoms with Crippen LogP contribution in [0.2, 0.25) is 0 Å².